The van der Waals surface area contributed by atoms with Crippen LogP contribution in [0.25, 0.3) is 0 Å². The molecule has 1 heterocycles. The Hall–Kier alpha value is -0.790. The van der Waals surface area contributed by atoms with E-state index < -0.39 is 0 Å². The van der Waals surface area contributed by atoms with E-state index in [0.717, 1.165) is 5.56 Å². The second kappa shape index (κ2) is 2.45. The standard InChI is InChI=1S/C8H13N2/c1-8(2,3)4-7-5-9-10-6-7/h4-6H,1-3H3,(H,9,10). The van der Waals surface area contributed by atoms with Gasteiger partial charge in [-0.15, -0.1) is 0 Å². The van der Waals surface area contributed by atoms with Crippen molar-refractivity contribution >= 4 is 0 Å². The molecule has 0 aliphatic carbocycles. The molecule has 2 heteroatoms. The van der Waals surface area contributed by atoms with Crippen LogP contribution in [0.3, 0.4) is 0 Å². The van der Waals surface area contributed by atoms with Gasteiger partial charge < -0.3 is 0 Å². The molecule has 0 unspecified atom stereocenters. The fraction of sp³-hybridized carbons (Fsp3) is 0.500. The van der Waals surface area contributed by atoms with Crippen LogP contribution in [0.5, 0.6) is 0 Å². The van der Waals surface area contributed by atoms with Crippen LogP contribution in [0.15, 0.2) is 12.4 Å². The average molecular weight is 137 g/mol. The molecule has 0 fully saturated rings. The number of rotatable bonds is 1. The van der Waals surface area contributed by atoms with Gasteiger partial charge in [-0.3, -0.25) is 5.10 Å². The van der Waals surface area contributed by atoms with E-state index in [9.17, 15) is 0 Å². The summed E-state index contributed by atoms with van der Waals surface area (Å²) in [6.45, 7) is 6.50. The van der Waals surface area contributed by atoms with Crippen molar-refractivity contribution in [1.29, 1.82) is 0 Å². The number of hydrogen-bond acceptors (Lipinski definition) is 1. The average Bonchev–Trinajstić information content (AvgIpc) is 2.12. The summed E-state index contributed by atoms with van der Waals surface area (Å²) in [5.41, 5.74) is 1.40. The Balaban J connectivity index is 2.57. The van der Waals surface area contributed by atoms with Gasteiger partial charge in [-0.1, -0.05) is 20.8 Å². The topological polar surface area (TPSA) is 28.7 Å². The second-order valence-corrected chi connectivity index (χ2v) is 3.54. The maximum atomic E-state index is 3.85. The molecular formula is C8H13N2. The number of H-pyrrole nitrogens is 1. The van der Waals surface area contributed by atoms with Crippen molar-refractivity contribution < 1.29 is 0 Å². The van der Waals surface area contributed by atoms with Gasteiger partial charge in [-0.2, -0.15) is 5.10 Å². The fourth-order valence-electron chi connectivity index (χ4n) is 0.840. The van der Waals surface area contributed by atoms with Crippen LogP contribution < -0.4 is 0 Å². The molecule has 0 amide bonds. The van der Waals surface area contributed by atoms with Gasteiger partial charge in [0.05, 0.1) is 6.20 Å². The van der Waals surface area contributed by atoms with Crippen LogP contribution in [0.2, 0.25) is 0 Å². The highest BCUT2D eigenvalue weighted by Crippen LogP contribution is 2.21. The molecule has 0 saturated heterocycles. The van der Waals surface area contributed by atoms with Gasteiger partial charge in [-0.25, -0.2) is 0 Å². The van der Waals surface area contributed by atoms with E-state index in [0.29, 0.717) is 0 Å². The molecular weight excluding hydrogens is 124 g/mol. The Labute approximate surface area is 61.7 Å². The van der Waals surface area contributed by atoms with Gasteiger partial charge in [0, 0.05) is 6.20 Å². The molecule has 1 aromatic heterocycles. The van der Waals surface area contributed by atoms with Crippen molar-refractivity contribution in [3.05, 3.63) is 24.4 Å². The van der Waals surface area contributed by atoms with Crippen LogP contribution >= 0.6 is 0 Å². The second-order valence-electron chi connectivity index (χ2n) is 3.54. The highest BCUT2D eigenvalue weighted by Gasteiger charge is 2.11. The summed E-state index contributed by atoms with van der Waals surface area (Å²) in [4.78, 5) is 0. The molecule has 1 N–H and O–H groups in total. The summed E-state index contributed by atoms with van der Waals surface area (Å²) in [6.07, 6.45) is 5.90. The SMILES string of the molecule is CC(C)(C)[CH]c1cn[nH]c1. The summed E-state index contributed by atoms with van der Waals surface area (Å²) >= 11 is 0. The Morgan fingerprint density at radius 3 is 2.60 bits per heavy atom. The first-order valence-corrected chi connectivity index (χ1v) is 3.43. The van der Waals surface area contributed by atoms with Gasteiger partial charge in [0.1, 0.15) is 0 Å². The van der Waals surface area contributed by atoms with Gasteiger partial charge >= 0.3 is 0 Å². The predicted molar refractivity (Wildman–Crippen MR) is 41.4 cm³/mol. The summed E-state index contributed by atoms with van der Waals surface area (Å²) in [6, 6.07) is 0. The van der Waals surface area contributed by atoms with Gasteiger partial charge in [0.15, 0.2) is 0 Å². The fourth-order valence-corrected chi connectivity index (χ4v) is 0.840. The zero-order valence-corrected chi connectivity index (χ0v) is 6.68. The number of nitrogens with zero attached hydrogens (tertiary/aromatic N) is 1. The Bertz CT molecular complexity index is 182. The van der Waals surface area contributed by atoms with E-state index >= 15 is 0 Å². The third-order valence-electron chi connectivity index (χ3n) is 1.12. The Morgan fingerprint density at radius 1 is 1.50 bits per heavy atom. The lowest BCUT2D eigenvalue weighted by molar-refractivity contribution is 0.506. The molecule has 1 rings (SSSR count). The predicted octanol–water partition coefficient (Wildman–Crippen LogP) is 2.01. The first kappa shape index (κ1) is 7.32. The lowest BCUT2D eigenvalue weighted by atomic mass is 9.89. The minimum atomic E-state index is 0.240. The summed E-state index contributed by atoms with van der Waals surface area (Å²) in [5, 5.41) is 6.62. The largest absolute Gasteiger partial charge is 0.285 e. The molecule has 0 bridgehead atoms. The molecule has 0 aliphatic rings. The number of hydrogen-bond donors (Lipinski definition) is 1. The zero-order valence-electron chi connectivity index (χ0n) is 6.68. The van der Waals surface area contributed by atoms with Crippen molar-refractivity contribution in [3.8, 4) is 0 Å². The highest BCUT2D eigenvalue weighted by molar-refractivity contribution is 5.17. The minimum absolute atomic E-state index is 0.240. The lowest BCUT2D eigenvalue weighted by Crippen LogP contribution is -2.05. The molecule has 1 aromatic rings. The monoisotopic (exact) mass is 137 g/mol. The minimum Gasteiger partial charge on any atom is -0.285 e. The van der Waals surface area contributed by atoms with E-state index in [1.807, 2.05) is 12.4 Å². The third-order valence-corrected chi connectivity index (χ3v) is 1.12. The van der Waals surface area contributed by atoms with Crippen molar-refractivity contribution in [2.75, 3.05) is 0 Å². The van der Waals surface area contributed by atoms with Crippen LogP contribution in [0.1, 0.15) is 26.3 Å². The Morgan fingerprint density at radius 2 is 2.20 bits per heavy atom. The van der Waals surface area contributed by atoms with E-state index in [2.05, 4.69) is 37.4 Å². The van der Waals surface area contributed by atoms with Crippen LogP contribution in [0.4, 0.5) is 0 Å². The van der Waals surface area contributed by atoms with E-state index in [1.165, 1.54) is 0 Å². The lowest BCUT2D eigenvalue weighted by Gasteiger charge is -2.15. The number of aromatic nitrogens is 2. The van der Waals surface area contributed by atoms with Gasteiger partial charge in [0.25, 0.3) is 0 Å². The van der Waals surface area contributed by atoms with Crippen molar-refractivity contribution in [3.63, 3.8) is 0 Å². The number of nitrogens with one attached hydrogen (secondary N) is 1. The van der Waals surface area contributed by atoms with Crippen LogP contribution in [-0.4, -0.2) is 10.2 Å². The van der Waals surface area contributed by atoms with E-state index in [1.54, 1.807) is 0 Å². The summed E-state index contributed by atoms with van der Waals surface area (Å²) in [5.74, 6) is 0. The molecule has 0 atom stereocenters. The normalized spacial score (nSPS) is 11.9. The Kier molecular flexibility index (Phi) is 1.79. The van der Waals surface area contributed by atoms with E-state index in [4.69, 9.17) is 0 Å². The first-order valence-electron chi connectivity index (χ1n) is 3.43. The van der Waals surface area contributed by atoms with Crippen molar-refractivity contribution in [2.45, 2.75) is 20.8 Å². The molecule has 0 spiro atoms. The molecule has 1 radical (unpaired) electrons. The highest BCUT2D eigenvalue weighted by atomic mass is 15.1. The maximum Gasteiger partial charge on any atom is 0.0522 e. The molecule has 0 aromatic carbocycles. The zero-order chi connectivity index (χ0) is 7.61. The summed E-state index contributed by atoms with van der Waals surface area (Å²) < 4.78 is 0. The van der Waals surface area contributed by atoms with Crippen LogP contribution in [-0.2, 0) is 0 Å². The maximum absolute atomic E-state index is 3.85. The number of aromatic amines is 1. The quantitative estimate of drug-likeness (QED) is 0.630. The smallest absolute Gasteiger partial charge is 0.0522 e. The molecule has 55 valence electrons. The van der Waals surface area contributed by atoms with Crippen molar-refractivity contribution in [2.24, 2.45) is 5.41 Å². The first-order chi connectivity index (χ1) is 4.58. The molecule has 0 saturated carbocycles. The summed E-state index contributed by atoms with van der Waals surface area (Å²) in [7, 11) is 0. The van der Waals surface area contributed by atoms with Crippen molar-refractivity contribution in [1.82, 2.24) is 10.2 Å². The van der Waals surface area contributed by atoms with Gasteiger partial charge in [-0.05, 0) is 17.4 Å². The van der Waals surface area contributed by atoms with E-state index in [-0.39, 0.29) is 5.41 Å². The molecule has 10 heavy (non-hydrogen) atoms. The van der Waals surface area contributed by atoms with Crippen LogP contribution in [0, 0.1) is 11.8 Å². The van der Waals surface area contributed by atoms with Gasteiger partial charge in [0.2, 0.25) is 0 Å². The molecule has 0 aliphatic heterocycles. The molecule has 2 nitrogen and oxygen atoms in total. The third kappa shape index (κ3) is 2.21.